The lowest BCUT2D eigenvalue weighted by atomic mass is 9.95. The van der Waals surface area contributed by atoms with Gasteiger partial charge in [0, 0.05) is 19.1 Å². The summed E-state index contributed by atoms with van der Waals surface area (Å²) in [6, 6.07) is 0.815. The maximum Gasteiger partial charge on any atom is 0.00793 e. The molecular weight excluding hydrogens is 208 g/mol. The SMILES string of the molecule is CCCCCCCNCCNC1CCCCC1. The van der Waals surface area contributed by atoms with E-state index in [4.69, 9.17) is 0 Å². The zero-order valence-electron chi connectivity index (χ0n) is 11.8. The second-order valence-electron chi connectivity index (χ2n) is 5.45. The molecule has 1 rings (SSSR count). The van der Waals surface area contributed by atoms with Gasteiger partial charge in [-0.1, -0.05) is 51.9 Å². The molecule has 102 valence electrons. The molecule has 0 bridgehead atoms. The van der Waals surface area contributed by atoms with E-state index in [0.717, 1.165) is 19.1 Å². The van der Waals surface area contributed by atoms with Crippen molar-refractivity contribution in [3.63, 3.8) is 0 Å². The van der Waals surface area contributed by atoms with Crippen molar-refractivity contribution in [3.8, 4) is 0 Å². The number of nitrogens with one attached hydrogen (secondary N) is 2. The molecule has 17 heavy (non-hydrogen) atoms. The van der Waals surface area contributed by atoms with Crippen LogP contribution < -0.4 is 10.6 Å². The van der Waals surface area contributed by atoms with Crippen molar-refractivity contribution in [2.45, 2.75) is 77.2 Å². The molecule has 0 aliphatic heterocycles. The molecule has 1 aliphatic carbocycles. The van der Waals surface area contributed by atoms with Crippen LogP contribution >= 0.6 is 0 Å². The van der Waals surface area contributed by atoms with Gasteiger partial charge in [-0.2, -0.15) is 0 Å². The quantitative estimate of drug-likeness (QED) is 0.571. The highest BCUT2D eigenvalue weighted by Gasteiger charge is 2.11. The van der Waals surface area contributed by atoms with Crippen molar-refractivity contribution in [1.82, 2.24) is 10.6 Å². The van der Waals surface area contributed by atoms with Gasteiger partial charge in [0.25, 0.3) is 0 Å². The normalized spacial score (nSPS) is 17.5. The van der Waals surface area contributed by atoms with Gasteiger partial charge in [0.05, 0.1) is 0 Å². The highest BCUT2D eigenvalue weighted by atomic mass is 15.0. The molecular formula is C15H32N2. The van der Waals surface area contributed by atoms with E-state index in [1.54, 1.807) is 0 Å². The largest absolute Gasteiger partial charge is 0.315 e. The van der Waals surface area contributed by atoms with E-state index in [1.807, 2.05) is 0 Å². The first kappa shape index (κ1) is 15.0. The van der Waals surface area contributed by atoms with E-state index >= 15 is 0 Å². The van der Waals surface area contributed by atoms with Crippen LogP contribution in [0.1, 0.15) is 71.1 Å². The fraction of sp³-hybridized carbons (Fsp3) is 1.00. The smallest absolute Gasteiger partial charge is 0.00793 e. The minimum atomic E-state index is 0.815. The van der Waals surface area contributed by atoms with Gasteiger partial charge in [-0.25, -0.2) is 0 Å². The first-order chi connectivity index (χ1) is 8.43. The van der Waals surface area contributed by atoms with E-state index in [0.29, 0.717) is 0 Å². The van der Waals surface area contributed by atoms with Crippen LogP contribution in [0.4, 0.5) is 0 Å². The summed E-state index contributed by atoms with van der Waals surface area (Å²) >= 11 is 0. The van der Waals surface area contributed by atoms with E-state index < -0.39 is 0 Å². The van der Waals surface area contributed by atoms with Crippen molar-refractivity contribution in [2.75, 3.05) is 19.6 Å². The summed E-state index contributed by atoms with van der Waals surface area (Å²) in [5, 5.41) is 7.21. The van der Waals surface area contributed by atoms with Crippen LogP contribution in [0.3, 0.4) is 0 Å². The molecule has 0 amide bonds. The van der Waals surface area contributed by atoms with Gasteiger partial charge in [0.1, 0.15) is 0 Å². The first-order valence-corrected chi connectivity index (χ1v) is 7.87. The van der Waals surface area contributed by atoms with E-state index in [1.165, 1.54) is 70.8 Å². The summed E-state index contributed by atoms with van der Waals surface area (Å²) < 4.78 is 0. The van der Waals surface area contributed by atoms with Gasteiger partial charge in [-0.15, -0.1) is 0 Å². The van der Waals surface area contributed by atoms with Crippen LogP contribution in [-0.4, -0.2) is 25.7 Å². The molecule has 2 nitrogen and oxygen atoms in total. The third kappa shape index (κ3) is 8.62. The Morgan fingerprint density at radius 1 is 0.824 bits per heavy atom. The fourth-order valence-electron chi connectivity index (χ4n) is 2.65. The first-order valence-electron chi connectivity index (χ1n) is 7.87. The Morgan fingerprint density at radius 3 is 2.35 bits per heavy atom. The highest BCUT2D eigenvalue weighted by Crippen LogP contribution is 2.16. The maximum absolute atomic E-state index is 3.67. The van der Waals surface area contributed by atoms with Gasteiger partial charge >= 0.3 is 0 Å². The lowest BCUT2D eigenvalue weighted by Crippen LogP contribution is -2.36. The van der Waals surface area contributed by atoms with Crippen LogP contribution in [0.5, 0.6) is 0 Å². The Bertz CT molecular complexity index is 153. The van der Waals surface area contributed by atoms with Crippen LogP contribution in [0.15, 0.2) is 0 Å². The molecule has 2 N–H and O–H groups in total. The van der Waals surface area contributed by atoms with Crippen molar-refractivity contribution in [1.29, 1.82) is 0 Å². The summed E-state index contributed by atoms with van der Waals surface area (Å²) in [5.74, 6) is 0. The lowest BCUT2D eigenvalue weighted by molar-refractivity contribution is 0.372. The molecule has 0 aromatic carbocycles. The summed E-state index contributed by atoms with van der Waals surface area (Å²) in [4.78, 5) is 0. The molecule has 1 aliphatic rings. The molecule has 0 radical (unpaired) electrons. The molecule has 0 heterocycles. The Kier molecular flexibility index (Phi) is 9.72. The van der Waals surface area contributed by atoms with Crippen molar-refractivity contribution < 1.29 is 0 Å². The molecule has 1 fully saturated rings. The maximum atomic E-state index is 3.67. The van der Waals surface area contributed by atoms with Gasteiger partial charge in [-0.05, 0) is 25.8 Å². The Balaban J connectivity index is 1.75. The van der Waals surface area contributed by atoms with Gasteiger partial charge in [-0.3, -0.25) is 0 Å². The van der Waals surface area contributed by atoms with Gasteiger partial charge < -0.3 is 10.6 Å². The van der Waals surface area contributed by atoms with Crippen molar-refractivity contribution in [3.05, 3.63) is 0 Å². The highest BCUT2D eigenvalue weighted by molar-refractivity contribution is 4.71. The van der Waals surface area contributed by atoms with Gasteiger partial charge in [0.2, 0.25) is 0 Å². The predicted octanol–water partition coefficient (Wildman–Crippen LogP) is 3.47. The number of hydrogen-bond donors (Lipinski definition) is 2. The standard InChI is InChI=1S/C15H32N2/c1-2-3-4-5-9-12-16-13-14-17-15-10-7-6-8-11-15/h15-17H,2-14H2,1H3. The molecule has 0 spiro atoms. The monoisotopic (exact) mass is 240 g/mol. The number of rotatable bonds is 10. The van der Waals surface area contributed by atoms with Crippen LogP contribution in [0, 0.1) is 0 Å². The third-order valence-corrected chi connectivity index (χ3v) is 3.80. The Labute approximate surface area is 108 Å². The number of hydrogen-bond acceptors (Lipinski definition) is 2. The minimum absolute atomic E-state index is 0.815. The summed E-state index contributed by atoms with van der Waals surface area (Å²) in [6.45, 7) is 5.77. The molecule has 0 aromatic heterocycles. The molecule has 0 aromatic rings. The average molecular weight is 240 g/mol. The van der Waals surface area contributed by atoms with Crippen molar-refractivity contribution in [2.24, 2.45) is 0 Å². The van der Waals surface area contributed by atoms with E-state index in [-0.39, 0.29) is 0 Å². The zero-order valence-corrected chi connectivity index (χ0v) is 11.8. The zero-order chi connectivity index (χ0) is 12.2. The third-order valence-electron chi connectivity index (χ3n) is 3.80. The van der Waals surface area contributed by atoms with Gasteiger partial charge in [0.15, 0.2) is 0 Å². The lowest BCUT2D eigenvalue weighted by Gasteiger charge is -2.22. The second-order valence-corrected chi connectivity index (χ2v) is 5.45. The molecule has 0 saturated heterocycles. The Hall–Kier alpha value is -0.0800. The molecule has 0 unspecified atom stereocenters. The average Bonchev–Trinajstić information content (AvgIpc) is 2.38. The van der Waals surface area contributed by atoms with Crippen LogP contribution in [0.2, 0.25) is 0 Å². The van der Waals surface area contributed by atoms with E-state index in [9.17, 15) is 0 Å². The van der Waals surface area contributed by atoms with Crippen LogP contribution in [-0.2, 0) is 0 Å². The summed E-state index contributed by atoms with van der Waals surface area (Å²) in [5.41, 5.74) is 0. The second kappa shape index (κ2) is 11.0. The van der Waals surface area contributed by atoms with E-state index in [2.05, 4.69) is 17.6 Å². The number of unbranched alkanes of at least 4 members (excludes halogenated alkanes) is 4. The summed E-state index contributed by atoms with van der Waals surface area (Å²) in [7, 11) is 0. The van der Waals surface area contributed by atoms with Crippen molar-refractivity contribution >= 4 is 0 Å². The minimum Gasteiger partial charge on any atom is -0.315 e. The molecule has 0 atom stereocenters. The molecule has 2 heteroatoms. The Morgan fingerprint density at radius 2 is 1.59 bits per heavy atom. The predicted molar refractivity (Wildman–Crippen MR) is 76.5 cm³/mol. The summed E-state index contributed by atoms with van der Waals surface area (Å²) in [6.07, 6.45) is 14.0. The molecule has 1 saturated carbocycles. The topological polar surface area (TPSA) is 24.1 Å². The fourth-order valence-corrected chi connectivity index (χ4v) is 2.65. The van der Waals surface area contributed by atoms with Crippen LogP contribution in [0.25, 0.3) is 0 Å².